The van der Waals surface area contributed by atoms with E-state index >= 15 is 0 Å². The molecule has 7 nitrogen and oxygen atoms in total. The third kappa shape index (κ3) is 4.28. The summed E-state index contributed by atoms with van der Waals surface area (Å²) in [7, 11) is 1.63. The molecule has 1 saturated carbocycles. The van der Waals surface area contributed by atoms with Crippen molar-refractivity contribution in [2.24, 2.45) is 11.8 Å². The van der Waals surface area contributed by atoms with Crippen LogP contribution >= 0.6 is 0 Å². The van der Waals surface area contributed by atoms with Gasteiger partial charge >= 0.3 is 0 Å². The highest BCUT2D eigenvalue weighted by Gasteiger charge is 2.37. The van der Waals surface area contributed by atoms with Crippen LogP contribution in [-0.4, -0.2) is 78.8 Å². The van der Waals surface area contributed by atoms with Gasteiger partial charge in [0.1, 0.15) is 5.75 Å². The van der Waals surface area contributed by atoms with E-state index in [0.29, 0.717) is 44.8 Å². The fourth-order valence-corrected chi connectivity index (χ4v) is 5.16. The number of nitrogens with zero attached hydrogens (tertiary/aromatic N) is 3. The van der Waals surface area contributed by atoms with Gasteiger partial charge in [-0.3, -0.25) is 14.4 Å². The van der Waals surface area contributed by atoms with E-state index in [9.17, 15) is 14.4 Å². The zero-order chi connectivity index (χ0) is 22.9. The molecule has 3 amide bonds. The molecule has 2 saturated heterocycles. The maximum absolute atomic E-state index is 13.5. The molecule has 3 aliphatic rings. The van der Waals surface area contributed by atoms with Crippen molar-refractivity contribution in [3.8, 4) is 5.75 Å². The number of ether oxygens (including phenoxy) is 1. The summed E-state index contributed by atoms with van der Waals surface area (Å²) >= 11 is 0. The van der Waals surface area contributed by atoms with E-state index in [4.69, 9.17) is 4.74 Å². The predicted molar refractivity (Wildman–Crippen MR) is 125 cm³/mol. The summed E-state index contributed by atoms with van der Waals surface area (Å²) in [5.41, 5.74) is 0.645. The minimum atomic E-state index is -0.183. The number of benzene rings is 2. The lowest BCUT2D eigenvalue weighted by Crippen LogP contribution is -2.54. The number of amides is 3. The van der Waals surface area contributed by atoms with Crippen LogP contribution in [0.1, 0.15) is 36.0 Å². The molecule has 0 bridgehead atoms. The number of fused-ring (bicyclic) bond motifs is 1. The van der Waals surface area contributed by atoms with Gasteiger partial charge in [0.15, 0.2) is 0 Å². The first-order chi connectivity index (χ1) is 16.1. The Kier molecular flexibility index (Phi) is 5.96. The van der Waals surface area contributed by atoms with Gasteiger partial charge in [-0.15, -0.1) is 0 Å². The topological polar surface area (TPSA) is 70.2 Å². The number of piperidine rings is 1. The number of rotatable bonds is 4. The standard InChI is InChI=1S/C26H31N3O4/c1-33-23-11-10-22(20-6-2-3-7-21(20)23)26(32)29-12-4-5-19(17-29)25(31)28-15-13-27(14-16-28)24(30)18-8-9-18/h2-3,6-7,10-11,18-19H,4-5,8-9,12-17H2,1H3. The summed E-state index contributed by atoms with van der Waals surface area (Å²) < 4.78 is 5.46. The molecule has 2 aromatic carbocycles. The van der Waals surface area contributed by atoms with Gasteiger partial charge in [-0.25, -0.2) is 0 Å². The van der Waals surface area contributed by atoms with Crippen LogP contribution in [0.2, 0.25) is 0 Å². The van der Waals surface area contributed by atoms with Crippen LogP contribution in [0.5, 0.6) is 5.75 Å². The first-order valence-electron chi connectivity index (χ1n) is 12.0. The van der Waals surface area contributed by atoms with Crippen molar-refractivity contribution in [3.63, 3.8) is 0 Å². The molecule has 7 heteroatoms. The van der Waals surface area contributed by atoms with Crippen LogP contribution in [0, 0.1) is 11.8 Å². The van der Waals surface area contributed by atoms with Gasteiger partial charge in [-0.05, 0) is 43.2 Å². The lowest BCUT2D eigenvalue weighted by atomic mass is 9.94. The summed E-state index contributed by atoms with van der Waals surface area (Å²) in [6, 6.07) is 11.4. The van der Waals surface area contributed by atoms with Crippen LogP contribution < -0.4 is 4.74 Å². The van der Waals surface area contributed by atoms with E-state index in [1.165, 1.54) is 0 Å². The molecule has 33 heavy (non-hydrogen) atoms. The third-order valence-corrected chi connectivity index (χ3v) is 7.22. The van der Waals surface area contributed by atoms with Gasteiger partial charge in [0.2, 0.25) is 11.8 Å². The summed E-state index contributed by atoms with van der Waals surface area (Å²) in [6.07, 6.45) is 3.63. The van der Waals surface area contributed by atoms with Crippen LogP contribution in [0.3, 0.4) is 0 Å². The first-order valence-corrected chi connectivity index (χ1v) is 12.0. The van der Waals surface area contributed by atoms with Crippen molar-refractivity contribution in [1.29, 1.82) is 0 Å². The molecule has 1 atom stereocenters. The van der Waals surface area contributed by atoms with Gasteiger partial charge in [0, 0.05) is 56.1 Å². The van der Waals surface area contributed by atoms with Gasteiger partial charge in [-0.1, -0.05) is 24.3 Å². The molecule has 0 radical (unpaired) electrons. The van der Waals surface area contributed by atoms with Gasteiger partial charge in [0.25, 0.3) is 5.91 Å². The second-order valence-electron chi connectivity index (χ2n) is 9.38. The number of hydrogen-bond donors (Lipinski definition) is 0. The average Bonchev–Trinajstić information content (AvgIpc) is 3.72. The minimum Gasteiger partial charge on any atom is -0.496 e. The molecule has 2 aromatic rings. The Bertz CT molecular complexity index is 1070. The summed E-state index contributed by atoms with van der Waals surface area (Å²) in [5, 5.41) is 1.78. The van der Waals surface area contributed by atoms with E-state index in [0.717, 1.165) is 42.2 Å². The highest BCUT2D eigenvalue weighted by atomic mass is 16.5. The van der Waals surface area contributed by atoms with Crippen molar-refractivity contribution in [2.45, 2.75) is 25.7 Å². The van der Waals surface area contributed by atoms with E-state index in [-0.39, 0.29) is 29.6 Å². The largest absolute Gasteiger partial charge is 0.496 e. The fourth-order valence-electron chi connectivity index (χ4n) is 5.16. The van der Waals surface area contributed by atoms with E-state index in [1.54, 1.807) is 7.11 Å². The number of hydrogen-bond acceptors (Lipinski definition) is 4. The normalized spacial score (nSPS) is 21.2. The highest BCUT2D eigenvalue weighted by Crippen LogP contribution is 2.32. The number of methoxy groups -OCH3 is 1. The van der Waals surface area contributed by atoms with E-state index in [1.807, 2.05) is 51.1 Å². The van der Waals surface area contributed by atoms with Crippen LogP contribution in [0.15, 0.2) is 36.4 Å². The molecule has 2 aliphatic heterocycles. The van der Waals surface area contributed by atoms with Crippen LogP contribution in [0.25, 0.3) is 10.8 Å². The van der Waals surface area contributed by atoms with Crippen molar-refractivity contribution in [1.82, 2.24) is 14.7 Å². The Morgan fingerprint density at radius 2 is 1.39 bits per heavy atom. The monoisotopic (exact) mass is 449 g/mol. The molecular weight excluding hydrogens is 418 g/mol. The molecule has 174 valence electrons. The molecule has 5 rings (SSSR count). The lowest BCUT2D eigenvalue weighted by Gasteiger charge is -2.39. The molecule has 0 N–H and O–H groups in total. The quantitative estimate of drug-likeness (QED) is 0.720. The van der Waals surface area contributed by atoms with Gasteiger partial charge < -0.3 is 19.4 Å². The molecule has 3 fully saturated rings. The zero-order valence-electron chi connectivity index (χ0n) is 19.2. The number of carbonyl (C=O) groups excluding carboxylic acids is 3. The molecule has 1 aliphatic carbocycles. The maximum Gasteiger partial charge on any atom is 0.254 e. The molecule has 1 unspecified atom stereocenters. The Balaban J connectivity index is 1.25. The van der Waals surface area contributed by atoms with Crippen LogP contribution in [-0.2, 0) is 9.59 Å². The number of piperazine rings is 1. The predicted octanol–water partition coefficient (Wildman–Crippen LogP) is 2.78. The Morgan fingerprint density at radius 3 is 2.03 bits per heavy atom. The number of likely N-dealkylation sites (tertiary alicyclic amines) is 1. The fraction of sp³-hybridized carbons (Fsp3) is 0.500. The second-order valence-corrected chi connectivity index (χ2v) is 9.38. The highest BCUT2D eigenvalue weighted by molar-refractivity contribution is 6.08. The van der Waals surface area contributed by atoms with Crippen molar-refractivity contribution in [3.05, 3.63) is 42.0 Å². The maximum atomic E-state index is 13.5. The zero-order valence-corrected chi connectivity index (χ0v) is 19.2. The second kappa shape index (κ2) is 9.04. The first kappa shape index (κ1) is 21.7. The molecular formula is C26H31N3O4. The number of carbonyl (C=O) groups is 3. The van der Waals surface area contributed by atoms with E-state index < -0.39 is 0 Å². The average molecular weight is 450 g/mol. The minimum absolute atomic E-state index is 0.0359. The van der Waals surface area contributed by atoms with Crippen molar-refractivity contribution in [2.75, 3.05) is 46.4 Å². The van der Waals surface area contributed by atoms with Gasteiger partial charge in [-0.2, -0.15) is 0 Å². The Labute approximate surface area is 194 Å². The summed E-state index contributed by atoms with van der Waals surface area (Å²) in [5.74, 6) is 1.12. The van der Waals surface area contributed by atoms with Gasteiger partial charge in [0.05, 0.1) is 13.0 Å². The summed E-state index contributed by atoms with van der Waals surface area (Å²) in [4.78, 5) is 44.6. The Morgan fingerprint density at radius 1 is 0.758 bits per heavy atom. The Hall–Kier alpha value is -3.09. The van der Waals surface area contributed by atoms with E-state index in [2.05, 4.69) is 0 Å². The van der Waals surface area contributed by atoms with Crippen LogP contribution in [0.4, 0.5) is 0 Å². The molecule has 0 aromatic heterocycles. The summed E-state index contributed by atoms with van der Waals surface area (Å²) in [6.45, 7) is 3.52. The van der Waals surface area contributed by atoms with Crippen molar-refractivity contribution < 1.29 is 19.1 Å². The SMILES string of the molecule is COc1ccc(C(=O)N2CCCC(C(=O)N3CCN(C(=O)C4CC4)CC3)C2)c2ccccc12. The smallest absolute Gasteiger partial charge is 0.254 e. The third-order valence-electron chi connectivity index (χ3n) is 7.22. The lowest BCUT2D eigenvalue weighted by molar-refractivity contribution is -0.143. The molecule has 0 spiro atoms. The molecule has 2 heterocycles. The van der Waals surface area contributed by atoms with Crippen molar-refractivity contribution >= 4 is 28.5 Å².